The second kappa shape index (κ2) is 7.38. The van der Waals surface area contributed by atoms with Crippen molar-refractivity contribution in [3.05, 3.63) is 23.4 Å². The van der Waals surface area contributed by atoms with Gasteiger partial charge in [0.15, 0.2) is 0 Å². The second-order valence-electron chi connectivity index (χ2n) is 5.61. The standard InChI is InChI=1S/C15H24N4O2/c1-11-2-3-13(14(16)21)15(18-11)17-6-9-19-7-4-12(10-20)5-8-19/h2-3,12,20H,4-10H2,1H3,(H2,16,21)(H,17,18). The van der Waals surface area contributed by atoms with Gasteiger partial charge in [-0.2, -0.15) is 0 Å². The van der Waals surface area contributed by atoms with E-state index < -0.39 is 5.91 Å². The van der Waals surface area contributed by atoms with Gasteiger partial charge < -0.3 is 21.1 Å². The number of piperidine rings is 1. The molecule has 0 radical (unpaired) electrons. The summed E-state index contributed by atoms with van der Waals surface area (Å²) in [6.07, 6.45) is 2.09. The highest BCUT2D eigenvalue weighted by molar-refractivity contribution is 5.97. The van der Waals surface area contributed by atoms with E-state index in [4.69, 9.17) is 10.8 Å². The Morgan fingerprint density at radius 3 is 2.81 bits per heavy atom. The molecule has 2 heterocycles. The number of hydrogen-bond donors (Lipinski definition) is 3. The highest BCUT2D eigenvalue weighted by atomic mass is 16.3. The van der Waals surface area contributed by atoms with E-state index in [0.717, 1.165) is 44.7 Å². The van der Waals surface area contributed by atoms with Crippen LogP contribution in [0, 0.1) is 12.8 Å². The maximum Gasteiger partial charge on any atom is 0.252 e. The number of rotatable bonds is 6. The molecule has 6 nitrogen and oxygen atoms in total. The Bertz CT molecular complexity index is 485. The third kappa shape index (κ3) is 4.41. The molecule has 21 heavy (non-hydrogen) atoms. The minimum absolute atomic E-state index is 0.293. The summed E-state index contributed by atoms with van der Waals surface area (Å²) in [6.45, 7) is 5.82. The zero-order valence-corrected chi connectivity index (χ0v) is 12.5. The van der Waals surface area contributed by atoms with Crippen molar-refractivity contribution in [2.45, 2.75) is 19.8 Å². The highest BCUT2D eigenvalue weighted by Crippen LogP contribution is 2.16. The molecular formula is C15H24N4O2. The number of pyridine rings is 1. The van der Waals surface area contributed by atoms with E-state index in [-0.39, 0.29) is 0 Å². The molecule has 0 saturated carbocycles. The predicted molar refractivity (Wildman–Crippen MR) is 82.2 cm³/mol. The van der Waals surface area contributed by atoms with Gasteiger partial charge in [0, 0.05) is 25.4 Å². The van der Waals surface area contributed by atoms with Gasteiger partial charge in [0.05, 0.1) is 5.56 Å². The number of aliphatic hydroxyl groups is 1. The first-order chi connectivity index (χ1) is 10.1. The van der Waals surface area contributed by atoms with Crippen molar-refractivity contribution < 1.29 is 9.90 Å². The van der Waals surface area contributed by atoms with Crippen molar-refractivity contribution in [1.82, 2.24) is 9.88 Å². The van der Waals surface area contributed by atoms with Gasteiger partial charge >= 0.3 is 0 Å². The molecule has 0 unspecified atom stereocenters. The lowest BCUT2D eigenvalue weighted by atomic mass is 9.98. The maximum absolute atomic E-state index is 11.4. The van der Waals surface area contributed by atoms with Crippen LogP contribution in [0.5, 0.6) is 0 Å². The second-order valence-corrected chi connectivity index (χ2v) is 5.61. The summed E-state index contributed by atoms with van der Waals surface area (Å²) in [5.74, 6) is 0.551. The number of nitrogens with one attached hydrogen (secondary N) is 1. The molecule has 1 aromatic heterocycles. The number of aryl methyl sites for hydroxylation is 1. The number of primary amides is 1. The Morgan fingerprint density at radius 1 is 1.48 bits per heavy atom. The number of aromatic nitrogens is 1. The Morgan fingerprint density at radius 2 is 2.19 bits per heavy atom. The molecule has 2 rings (SSSR count). The highest BCUT2D eigenvalue weighted by Gasteiger charge is 2.18. The van der Waals surface area contributed by atoms with Gasteiger partial charge in [0.25, 0.3) is 5.91 Å². The molecule has 116 valence electrons. The first-order valence-corrected chi connectivity index (χ1v) is 7.44. The van der Waals surface area contributed by atoms with Crippen LogP contribution in [0.3, 0.4) is 0 Å². The van der Waals surface area contributed by atoms with Crippen molar-refractivity contribution in [2.75, 3.05) is 38.1 Å². The third-order valence-corrected chi connectivity index (χ3v) is 3.99. The van der Waals surface area contributed by atoms with E-state index in [0.29, 0.717) is 23.9 Å². The van der Waals surface area contributed by atoms with Crippen LogP contribution in [0.1, 0.15) is 28.9 Å². The quantitative estimate of drug-likeness (QED) is 0.714. The van der Waals surface area contributed by atoms with E-state index in [2.05, 4.69) is 15.2 Å². The van der Waals surface area contributed by atoms with Crippen LogP contribution in [-0.4, -0.2) is 53.7 Å². The van der Waals surface area contributed by atoms with Crippen LogP contribution in [0.2, 0.25) is 0 Å². The smallest absolute Gasteiger partial charge is 0.252 e. The Hall–Kier alpha value is -1.66. The maximum atomic E-state index is 11.4. The molecule has 1 fully saturated rings. The minimum atomic E-state index is -0.464. The number of hydrogen-bond acceptors (Lipinski definition) is 5. The van der Waals surface area contributed by atoms with E-state index in [1.165, 1.54) is 0 Å². The van der Waals surface area contributed by atoms with Crippen molar-refractivity contribution >= 4 is 11.7 Å². The van der Waals surface area contributed by atoms with Gasteiger partial charge in [-0.25, -0.2) is 4.98 Å². The SMILES string of the molecule is Cc1ccc(C(N)=O)c(NCCN2CCC(CO)CC2)n1. The molecule has 0 spiro atoms. The van der Waals surface area contributed by atoms with E-state index in [9.17, 15) is 4.79 Å². The van der Waals surface area contributed by atoms with Crippen molar-refractivity contribution in [3.63, 3.8) is 0 Å². The molecule has 1 aliphatic rings. The number of carbonyl (C=O) groups excluding carboxylic acids is 1. The van der Waals surface area contributed by atoms with E-state index >= 15 is 0 Å². The van der Waals surface area contributed by atoms with Crippen molar-refractivity contribution in [2.24, 2.45) is 11.7 Å². The van der Waals surface area contributed by atoms with Gasteiger partial charge in [-0.1, -0.05) is 0 Å². The summed E-state index contributed by atoms with van der Waals surface area (Å²) in [5, 5.41) is 12.3. The zero-order chi connectivity index (χ0) is 15.2. The van der Waals surface area contributed by atoms with Gasteiger partial charge in [-0.3, -0.25) is 4.79 Å². The molecule has 1 saturated heterocycles. The Labute approximate surface area is 125 Å². The molecule has 0 bridgehead atoms. The molecule has 6 heteroatoms. The lowest BCUT2D eigenvalue weighted by Crippen LogP contribution is -2.37. The van der Waals surface area contributed by atoms with E-state index in [1.54, 1.807) is 12.1 Å². The zero-order valence-electron chi connectivity index (χ0n) is 12.5. The van der Waals surface area contributed by atoms with Crippen LogP contribution >= 0.6 is 0 Å². The van der Waals surface area contributed by atoms with E-state index in [1.807, 2.05) is 6.92 Å². The van der Waals surface area contributed by atoms with Gasteiger partial charge in [0.2, 0.25) is 0 Å². The average molecular weight is 292 g/mol. The van der Waals surface area contributed by atoms with Gasteiger partial charge in [-0.05, 0) is 50.9 Å². The predicted octanol–water partition coefficient (Wildman–Crippen LogP) is 0.605. The fraction of sp³-hybridized carbons (Fsp3) is 0.600. The van der Waals surface area contributed by atoms with Crippen molar-refractivity contribution in [3.8, 4) is 0 Å². The summed E-state index contributed by atoms with van der Waals surface area (Å²) >= 11 is 0. The molecule has 0 aromatic carbocycles. The number of amides is 1. The normalized spacial score (nSPS) is 16.9. The molecule has 0 atom stereocenters. The number of nitrogens with zero attached hydrogens (tertiary/aromatic N) is 2. The topological polar surface area (TPSA) is 91.5 Å². The fourth-order valence-electron chi connectivity index (χ4n) is 2.62. The first-order valence-electron chi connectivity index (χ1n) is 7.44. The molecule has 1 amide bonds. The van der Waals surface area contributed by atoms with Crippen LogP contribution in [0.4, 0.5) is 5.82 Å². The molecular weight excluding hydrogens is 268 g/mol. The summed E-state index contributed by atoms with van der Waals surface area (Å²) in [4.78, 5) is 18.1. The number of anilines is 1. The Balaban J connectivity index is 1.84. The lowest BCUT2D eigenvalue weighted by Gasteiger charge is -2.31. The molecule has 1 aliphatic heterocycles. The van der Waals surface area contributed by atoms with Crippen molar-refractivity contribution in [1.29, 1.82) is 0 Å². The first kappa shape index (κ1) is 15.7. The Kier molecular flexibility index (Phi) is 5.52. The van der Waals surface area contributed by atoms with Crippen LogP contribution in [-0.2, 0) is 0 Å². The van der Waals surface area contributed by atoms with Crippen LogP contribution in [0.25, 0.3) is 0 Å². The summed E-state index contributed by atoms with van der Waals surface area (Å²) in [6, 6.07) is 3.49. The largest absolute Gasteiger partial charge is 0.396 e. The van der Waals surface area contributed by atoms with Gasteiger partial charge in [0.1, 0.15) is 5.82 Å². The third-order valence-electron chi connectivity index (χ3n) is 3.99. The molecule has 4 N–H and O–H groups in total. The average Bonchev–Trinajstić information content (AvgIpc) is 2.48. The minimum Gasteiger partial charge on any atom is -0.396 e. The summed E-state index contributed by atoms with van der Waals surface area (Å²) < 4.78 is 0. The fourth-order valence-corrected chi connectivity index (χ4v) is 2.62. The van der Waals surface area contributed by atoms with Gasteiger partial charge in [-0.15, -0.1) is 0 Å². The number of likely N-dealkylation sites (tertiary alicyclic amines) is 1. The molecule has 1 aromatic rings. The summed E-state index contributed by atoms with van der Waals surface area (Å²) in [7, 11) is 0. The van der Waals surface area contributed by atoms with Crippen LogP contribution < -0.4 is 11.1 Å². The number of carbonyl (C=O) groups is 1. The number of aliphatic hydroxyl groups excluding tert-OH is 1. The summed E-state index contributed by atoms with van der Waals surface area (Å²) in [5.41, 5.74) is 6.64. The molecule has 0 aliphatic carbocycles. The lowest BCUT2D eigenvalue weighted by molar-refractivity contribution is 0.100. The number of nitrogens with two attached hydrogens (primary N) is 1. The van der Waals surface area contributed by atoms with Crippen LogP contribution in [0.15, 0.2) is 12.1 Å². The monoisotopic (exact) mass is 292 g/mol.